The van der Waals surface area contributed by atoms with Crippen molar-refractivity contribution in [3.63, 3.8) is 0 Å². The van der Waals surface area contributed by atoms with Crippen LogP contribution >= 0.6 is 0 Å². The third-order valence-electron chi connectivity index (χ3n) is 7.85. The van der Waals surface area contributed by atoms with Crippen LogP contribution in [0.15, 0.2) is 55.0 Å². The fraction of sp³-hybridized carbons (Fsp3) is 0.379. The van der Waals surface area contributed by atoms with Gasteiger partial charge in [0.25, 0.3) is 5.91 Å². The normalized spacial score (nSPS) is 16.4. The van der Waals surface area contributed by atoms with E-state index in [1.807, 2.05) is 17.8 Å². The van der Waals surface area contributed by atoms with E-state index in [9.17, 15) is 18.0 Å². The molecule has 2 aromatic heterocycles. The number of anilines is 1. The summed E-state index contributed by atoms with van der Waals surface area (Å²) in [7, 11) is 2.01. The zero-order valence-electron chi connectivity index (χ0n) is 22.2. The summed E-state index contributed by atoms with van der Waals surface area (Å²) in [6.45, 7) is 1.46. The predicted molar refractivity (Wildman–Crippen MR) is 142 cm³/mol. The van der Waals surface area contributed by atoms with E-state index < -0.39 is 17.6 Å². The molecule has 0 atom stereocenters. The number of para-hydroxylation sites is 1. The van der Waals surface area contributed by atoms with Crippen molar-refractivity contribution in [3.8, 4) is 0 Å². The maximum Gasteiger partial charge on any atom is 0.416 e. The van der Waals surface area contributed by atoms with Crippen molar-refractivity contribution < 1.29 is 18.0 Å². The van der Waals surface area contributed by atoms with E-state index in [4.69, 9.17) is 0 Å². The van der Waals surface area contributed by atoms with Crippen molar-refractivity contribution in [3.05, 3.63) is 94.3 Å². The van der Waals surface area contributed by atoms with Crippen LogP contribution in [-0.2, 0) is 45.8 Å². The average Bonchev–Trinajstić information content (AvgIpc) is 3.67. The number of fused-ring (bicyclic) bond motifs is 2. The van der Waals surface area contributed by atoms with Crippen molar-refractivity contribution >= 4 is 11.6 Å². The first kappa shape index (κ1) is 26.2. The van der Waals surface area contributed by atoms with Crippen molar-refractivity contribution in [2.24, 2.45) is 13.0 Å². The topological polar surface area (TPSA) is 80.9 Å². The van der Waals surface area contributed by atoms with Crippen LogP contribution in [0.25, 0.3) is 0 Å². The summed E-state index contributed by atoms with van der Waals surface area (Å²) in [5.74, 6) is 1.61. The van der Waals surface area contributed by atoms with E-state index in [0.29, 0.717) is 24.3 Å². The number of aryl methyl sites for hydroxylation is 1. The van der Waals surface area contributed by atoms with Crippen LogP contribution in [0.4, 0.5) is 18.9 Å². The second kappa shape index (κ2) is 10.5. The molecule has 11 heteroatoms. The number of carbonyl (C=O) groups is 1. The molecule has 1 fully saturated rings. The molecule has 1 saturated carbocycles. The number of aromatic nitrogens is 5. The van der Waals surface area contributed by atoms with E-state index in [1.165, 1.54) is 24.2 Å². The Morgan fingerprint density at radius 1 is 1.10 bits per heavy atom. The molecular formula is C29H30F3N7O. The summed E-state index contributed by atoms with van der Waals surface area (Å²) >= 11 is 0. The number of benzene rings is 2. The molecule has 1 amide bonds. The molecule has 0 radical (unpaired) electrons. The SMILES string of the molecule is Cn1cnnc1CC1CCC1.O=C1c2cc(Cn3cc4c(n3)CNC4)cc(C(F)(F)F)c2CN1c1ccccc1. The molecule has 0 bridgehead atoms. The van der Waals surface area contributed by atoms with Crippen LogP contribution in [0.2, 0.25) is 0 Å². The molecular weight excluding hydrogens is 519 g/mol. The zero-order chi connectivity index (χ0) is 27.9. The van der Waals surface area contributed by atoms with Crippen LogP contribution in [0.1, 0.15) is 63.4 Å². The average molecular weight is 550 g/mol. The number of hydrogen-bond donors (Lipinski definition) is 1. The van der Waals surface area contributed by atoms with Gasteiger partial charge in [0.05, 0.1) is 24.3 Å². The Bertz CT molecular complexity index is 1500. The number of rotatable bonds is 5. The van der Waals surface area contributed by atoms with Crippen LogP contribution in [0, 0.1) is 5.92 Å². The highest BCUT2D eigenvalue weighted by Crippen LogP contribution is 2.39. The number of nitrogens with zero attached hydrogens (tertiary/aromatic N) is 6. The number of hydrogen-bond acceptors (Lipinski definition) is 5. The van der Waals surface area contributed by atoms with Gasteiger partial charge in [0.1, 0.15) is 12.2 Å². The minimum absolute atomic E-state index is 0.0299. The van der Waals surface area contributed by atoms with Gasteiger partial charge in [-0.2, -0.15) is 18.3 Å². The number of halogens is 3. The Hall–Kier alpha value is -3.99. The van der Waals surface area contributed by atoms with Crippen LogP contribution in [-0.4, -0.2) is 30.5 Å². The quantitative estimate of drug-likeness (QED) is 0.384. The molecule has 1 aliphatic carbocycles. The Morgan fingerprint density at radius 3 is 2.55 bits per heavy atom. The van der Waals surface area contributed by atoms with E-state index in [0.717, 1.165) is 35.5 Å². The van der Waals surface area contributed by atoms with Crippen LogP contribution < -0.4 is 10.2 Å². The molecule has 3 aliphatic rings. The number of amides is 1. The van der Waals surface area contributed by atoms with E-state index >= 15 is 0 Å². The van der Waals surface area contributed by atoms with Gasteiger partial charge in [0.2, 0.25) is 0 Å². The molecule has 208 valence electrons. The molecule has 8 nitrogen and oxygen atoms in total. The molecule has 2 aliphatic heterocycles. The number of nitrogens with one attached hydrogen (secondary N) is 1. The fourth-order valence-corrected chi connectivity index (χ4v) is 5.46. The molecule has 0 saturated heterocycles. The highest BCUT2D eigenvalue weighted by atomic mass is 19.4. The third kappa shape index (κ3) is 5.25. The molecule has 0 unspecified atom stereocenters. The lowest BCUT2D eigenvalue weighted by molar-refractivity contribution is -0.138. The summed E-state index contributed by atoms with van der Waals surface area (Å²) in [5.41, 5.74) is 2.34. The lowest BCUT2D eigenvalue weighted by Crippen LogP contribution is -2.22. The Labute approximate surface area is 229 Å². The molecule has 1 N–H and O–H groups in total. The first-order valence-corrected chi connectivity index (χ1v) is 13.4. The van der Waals surface area contributed by atoms with Gasteiger partial charge in [-0.25, -0.2) is 0 Å². The maximum atomic E-state index is 13.8. The van der Waals surface area contributed by atoms with Gasteiger partial charge in [-0.05, 0) is 41.3 Å². The molecule has 0 spiro atoms. The monoisotopic (exact) mass is 549 g/mol. The lowest BCUT2D eigenvalue weighted by atomic mass is 9.83. The second-order valence-corrected chi connectivity index (χ2v) is 10.7. The first-order valence-electron chi connectivity index (χ1n) is 13.4. The first-order chi connectivity index (χ1) is 19.3. The summed E-state index contributed by atoms with van der Waals surface area (Å²) in [6.07, 6.45) is 4.36. The lowest BCUT2D eigenvalue weighted by Gasteiger charge is -2.24. The highest BCUT2D eigenvalue weighted by Gasteiger charge is 2.40. The minimum atomic E-state index is -4.54. The summed E-state index contributed by atoms with van der Waals surface area (Å²) < 4.78 is 45.0. The van der Waals surface area contributed by atoms with Crippen molar-refractivity contribution in [2.75, 3.05) is 4.90 Å². The van der Waals surface area contributed by atoms with Gasteiger partial charge in [0.15, 0.2) is 0 Å². The van der Waals surface area contributed by atoms with E-state index in [-0.39, 0.29) is 24.2 Å². The Kier molecular flexibility index (Phi) is 6.91. The van der Waals surface area contributed by atoms with Crippen molar-refractivity contribution in [1.29, 1.82) is 0 Å². The van der Waals surface area contributed by atoms with Crippen molar-refractivity contribution in [2.45, 2.75) is 58.0 Å². The zero-order valence-corrected chi connectivity index (χ0v) is 22.2. The maximum absolute atomic E-state index is 13.8. The van der Waals surface area contributed by atoms with E-state index in [2.05, 4.69) is 20.6 Å². The largest absolute Gasteiger partial charge is 0.416 e. The fourth-order valence-electron chi connectivity index (χ4n) is 5.46. The minimum Gasteiger partial charge on any atom is -0.321 e. The van der Waals surface area contributed by atoms with Crippen molar-refractivity contribution in [1.82, 2.24) is 29.9 Å². The summed E-state index contributed by atoms with van der Waals surface area (Å²) in [4.78, 5) is 14.3. The molecule has 2 aromatic carbocycles. The van der Waals surface area contributed by atoms with Gasteiger partial charge in [-0.1, -0.05) is 37.5 Å². The molecule has 4 heterocycles. The van der Waals surface area contributed by atoms with Crippen LogP contribution in [0.5, 0.6) is 0 Å². The third-order valence-corrected chi connectivity index (χ3v) is 7.85. The van der Waals surface area contributed by atoms with Gasteiger partial charge in [0, 0.05) is 49.6 Å². The summed E-state index contributed by atoms with van der Waals surface area (Å²) in [6, 6.07) is 11.5. The summed E-state index contributed by atoms with van der Waals surface area (Å²) in [5, 5.41) is 15.5. The number of carbonyl (C=O) groups excluding carboxylic acids is 1. The molecule has 4 aromatic rings. The predicted octanol–water partition coefficient (Wildman–Crippen LogP) is 4.87. The highest BCUT2D eigenvalue weighted by molar-refractivity contribution is 6.10. The molecule has 40 heavy (non-hydrogen) atoms. The van der Waals surface area contributed by atoms with Gasteiger partial charge in [-0.3, -0.25) is 9.48 Å². The number of alkyl halides is 3. The smallest absolute Gasteiger partial charge is 0.321 e. The Morgan fingerprint density at radius 2 is 1.90 bits per heavy atom. The van der Waals surface area contributed by atoms with Gasteiger partial charge in [-0.15, -0.1) is 10.2 Å². The van der Waals surface area contributed by atoms with Crippen LogP contribution in [0.3, 0.4) is 0 Å². The standard InChI is InChI=1S/C21H17F3N4O.C8H13N3/c22-21(23,24)18-7-13(10-27-11-14-8-25-9-19(14)26-27)6-16-17(18)12-28(20(16)29)15-4-2-1-3-5-15;1-11-6-9-10-8(11)5-7-3-2-4-7/h1-7,11,25H,8-10,12H2;6-7H,2-5H2,1H3. The second-order valence-electron chi connectivity index (χ2n) is 10.7. The van der Waals surface area contributed by atoms with Gasteiger partial charge >= 0.3 is 6.18 Å². The Balaban J connectivity index is 0.000000219. The van der Waals surface area contributed by atoms with Gasteiger partial charge < -0.3 is 14.8 Å². The molecule has 7 rings (SSSR count). The van der Waals surface area contributed by atoms with E-state index in [1.54, 1.807) is 47.4 Å².